The Morgan fingerprint density at radius 3 is 2.77 bits per heavy atom. The summed E-state index contributed by atoms with van der Waals surface area (Å²) in [6, 6.07) is 14.0. The van der Waals surface area contributed by atoms with Crippen LogP contribution in [0.3, 0.4) is 0 Å². The molecule has 0 saturated carbocycles. The van der Waals surface area contributed by atoms with Gasteiger partial charge in [0.25, 0.3) is 0 Å². The summed E-state index contributed by atoms with van der Waals surface area (Å²) < 4.78 is 4.46. The van der Waals surface area contributed by atoms with Crippen LogP contribution in [0.2, 0.25) is 0 Å². The van der Waals surface area contributed by atoms with E-state index in [2.05, 4.69) is 88.6 Å². The topological polar surface area (TPSA) is 3.24 Å². The summed E-state index contributed by atoms with van der Waals surface area (Å²) in [5.41, 5.74) is 7.24. The molecule has 1 heterocycles. The molecule has 0 spiro atoms. The van der Waals surface area contributed by atoms with Crippen molar-refractivity contribution in [2.75, 3.05) is 11.9 Å². The first-order valence-corrected chi connectivity index (χ1v) is 11.5. The Balaban J connectivity index is 0.000000980. The number of hydrogen-bond acceptors (Lipinski definition) is 1. The predicted octanol–water partition coefficient (Wildman–Crippen LogP) is -0.946. The zero-order valence-electron chi connectivity index (χ0n) is 14.1. The molecule has 1 atom stereocenters. The standard InChI is InChI=1S/C16H11BrN.C5H5.2ClH.Zr/c1-18-15-5-3-2-4-13(15)14-9-10-8-11(17)6-7-12(10)16(14)18;1-2-4-5-3-1;;;/h2-3,5-9,16H,1H3;1-3H,4H2;2*1H;/q;;;;+2/p-2. The Labute approximate surface area is 186 Å². The zero-order valence-corrected chi connectivity index (χ0v) is 19.7. The van der Waals surface area contributed by atoms with Crippen molar-refractivity contribution in [3.05, 3.63) is 79.1 Å². The number of anilines is 1. The molecule has 0 radical (unpaired) electrons. The van der Waals surface area contributed by atoms with Crippen LogP contribution >= 0.6 is 15.9 Å². The van der Waals surface area contributed by atoms with Crippen LogP contribution in [0.4, 0.5) is 5.69 Å². The Morgan fingerprint density at radius 2 is 2.00 bits per heavy atom. The number of likely N-dealkylation sites (N-methyl/N-ethyl adjacent to an activating group) is 1. The van der Waals surface area contributed by atoms with E-state index in [0.29, 0.717) is 6.04 Å². The summed E-state index contributed by atoms with van der Waals surface area (Å²) in [6.07, 6.45) is 10.4. The molecule has 0 aromatic heterocycles. The Bertz CT molecular complexity index is 964. The fraction of sp³-hybridized carbons (Fsp3) is 0.143. The van der Waals surface area contributed by atoms with Gasteiger partial charge in [0.05, 0.1) is 0 Å². The van der Waals surface area contributed by atoms with E-state index in [0.717, 1.165) is 4.47 Å². The molecule has 0 fully saturated rings. The van der Waals surface area contributed by atoms with E-state index < -0.39 is 23.2 Å². The maximum atomic E-state index is 3.62. The van der Waals surface area contributed by atoms with Gasteiger partial charge in [0, 0.05) is 0 Å². The second kappa shape index (κ2) is 7.80. The maximum absolute atomic E-state index is 3.62. The summed E-state index contributed by atoms with van der Waals surface area (Å²) >= 11 is 2.91. The largest absolute Gasteiger partial charge is 1.00 e. The van der Waals surface area contributed by atoms with E-state index in [1.54, 1.807) is 6.55 Å². The quantitative estimate of drug-likeness (QED) is 0.491. The van der Waals surface area contributed by atoms with E-state index in [4.69, 9.17) is 0 Å². The molecule has 2 aromatic rings. The van der Waals surface area contributed by atoms with Gasteiger partial charge in [-0.15, -0.1) is 0 Å². The molecule has 1 unspecified atom stereocenters. The van der Waals surface area contributed by atoms with Crippen LogP contribution in [0.25, 0.3) is 11.6 Å². The van der Waals surface area contributed by atoms with Gasteiger partial charge >= 0.3 is 163 Å². The number of allylic oxidation sites excluding steroid dienone is 4. The molecule has 2 aliphatic carbocycles. The summed E-state index contributed by atoms with van der Waals surface area (Å²) in [5, 5.41) is 0. The molecular formula is C21H16BrCl2NZr. The second-order valence-electron chi connectivity index (χ2n) is 6.54. The molecule has 1 aliphatic heterocycles. The van der Waals surface area contributed by atoms with E-state index in [1.165, 1.54) is 34.4 Å². The first kappa shape index (κ1) is 20.1. The van der Waals surface area contributed by atoms with Gasteiger partial charge in [-0.25, -0.2) is 0 Å². The van der Waals surface area contributed by atoms with E-state index in [9.17, 15) is 0 Å². The normalized spacial score (nSPS) is 18.1. The number of rotatable bonds is 2. The summed E-state index contributed by atoms with van der Waals surface area (Å²) in [7, 11) is 2.24. The Morgan fingerprint density at radius 1 is 1.15 bits per heavy atom. The fourth-order valence-corrected chi connectivity index (χ4v) is 7.68. The van der Waals surface area contributed by atoms with Crippen LogP contribution in [0.5, 0.6) is 0 Å². The average molecular weight is 524 g/mol. The molecule has 0 amide bonds. The van der Waals surface area contributed by atoms with E-state index >= 15 is 0 Å². The third-order valence-corrected chi connectivity index (χ3v) is 8.99. The van der Waals surface area contributed by atoms with Crippen LogP contribution in [0, 0.1) is 0 Å². The van der Waals surface area contributed by atoms with Crippen molar-refractivity contribution >= 4 is 36.5 Å². The van der Waals surface area contributed by atoms with Gasteiger partial charge in [-0.2, -0.15) is 0 Å². The Hall–Kier alpha value is -0.597. The SMILES string of the molecule is CN1c2ccc[c]([Zr+2][C]3=CC=CC3)c2C2=Cc3cc(Br)ccc3C21.[Cl-].[Cl-]. The molecule has 0 bridgehead atoms. The molecule has 0 saturated heterocycles. The molecule has 26 heavy (non-hydrogen) atoms. The van der Waals surface area contributed by atoms with Crippen LogP contribution in [-0.2, 0) is 23.2 Å². The smallest absolute Gasteiger partial charge is 1.00 e. The van der Waals surface area contributed by atoms with Crippen molar-refractivity contribution in [3.8, 4) is 0 Å². The minimum Gasteiger partial charge on any atom is -1.00 e. The van der Waals surface area contributed by atoms with Crippen molar-refractivity contribution in [1.29, 1.82) is 0 Å². The molecule has 3 aliphatic rings. The molecule has 0 N–H and O–H groups in total. The number of hydrogen-bond donors (Lipinski definition) is 0. The van der Waals surface area contributed by atoms with Gasteiger partial charge in [0.1, 0.15) is 0 Å². The van der Waals surface area contributed by atoms with Crippen molar-refractivity contribution in [1.82, 2.24) is 0 Å². The van der Waals surface area contributed by atoms with Crippen LogP contribution in [0.15, 0.2) is 62.4 Å². The summed E-state index contributed by atoms with van der Waals surface area (Å²) in [6.45, 7) is 0. The van der Waals surface area contributed by atoms with Gasteiger partial charge in [-0.3, -0.25) is 0 Å². The van der Waals surface area contributed by atoms with Crippen LogP contribution < -0.4 is 33.0 Å². The third-order valence-electron chi connectivity index (χ3n) is 5.11. The first-order chi connectivity index (χ1) is 11.7. The minimum atomic E-state index is -0.708. The van der Waals surface area contributed by atoms with E-state index in [-0.39, 0.29) is 24.8 Å². The predicted molar refractivity (Wildman–Crippen MR) is 101 cm³/mol. The molecule has 130 valence electrons. The first-order valence-electron chi connectivity index (χ1n) is 8.22. The minimum absolute atomic E-state index is 0. The van der Waals surface area contributed by atoms with Crippen molar-refractivity contribution in [2.45, 2.75) is 12.5 Å². The maximum Gasteiger partial charge on any atom is -1.00 e. The van der Waals surface area contributed by atoms with Gasteiger partial charge in [0.15, 0.2) is 0 Å². The van der Waals surface area contributed by atoms with Crippen LogP contribution in [0.1, 0.15) is 29.2 Å². The average Bonchev–Trinajstić information content (AvgIpc) is 3.26. The molecular weight excluding hydrogens is 508 g/mol. The fourth-order valence-electron chi connectivity index (χ4n) is 4.05. The third kappa shape index (κ3) is 3.12. The molecule has 1 nitrogen and oxygen atoms in total. The number of fused-ring (bicyclic) bond motifs is 5. The summed E-state index contributed by atoms with van der Waals surface area (Å²) in [5.74, 6) is 0. The van der Waals surface area contributed by atoms with E-state index in [1.807, 2.05) is 0 Å². The number of halogens is 3. The zero-order chi connectivity index (χ0) is 16.3. The van der Waals surface area contributed by atoms with Gasteiger partial charge in [-0.05, 0) is 0 Å². The van der Waals surface area contributed by atoms with Crippen molar-refractivity contribution in [3.63, 3.8) is 0 Å². The second-order valence-corrected chi connectivity index (χ2v) is 11.0. The van der Waals surface area contributed by atoms with Gasteiger partial charge < -0.3 is 24.8 Å². The molecule has 5 heteroatoms. The van der Waals surface area contributed by atoms with Crippen molar-refractivity contribution in [2.24, 2.45) is 0 Å². The summed E-state index contributed by atoms with van der Waals surface area (Å²) in [4.78, 5) is 2.46. The number of nitrogens with zero attached hydrogens (tertiary/aromatic N) is 1. The van der Waals surface area contributed by atoms with Gasteiger partial charge in [-0.1, -0.05) is 0 Å². The van der Waals surface area contributed by atoms with Crippen LogP contribution in [-0.4, -0.2) is 7.05 Å². The molecule has 2 aromatic carbocycles. The Kier molecular flexibility index (Phi) is 6.04. The molecule has 5 rings (SSSR count). The van der Waals surface area contributed by atoms with Gasteiger partial charge in [0.2, 0.25) is 0 Å². The van der Waals surface area contributed by atoms with Crippen molar-refractivity contribution < 1.29 is 48.0 Å². The number of benzene rings is 2. The monoisotopic (exact) mass is 521 g/mol.